The molecule has 8 heteroatoms. The van der Waals surface area contributed by atoms with E-state index in [1.807, 2.05) is 0 Å². The van der Waals surface area contributed by atoms with Gasteiger partial charge >= 0.3 is 0 Å². The average Bonchev–Trinajstić information content (AvgIpc) is 2.57. The molecule has 0 saturated carbocycles. The van der Waals surface area contributed by atoms with E-state index < -0.39 is 5.91 Å². The predicted octanol–water partition coefficient (Wildman–Crippen LogP) is 4.14. The molecule has 2 rings (SSSR count). The standard InChI is InChI=1S/C18H17Cl2N3O3/c1-10-4-3-5-13(17(10)25)18(26)23-22-11(2)8-16(24)21-15-7-6-12(19)9-14(15)20/h3-7,9,25H,8H2,1-2H3,(H,21,24)(H,23,26)/b22-11-. The Hall–Kier alpha value is -2.57. The maximum Gasteiger partial charge on any atom is 0.275 e. The smallest absolute Gasteiger partial charge is 0.275 e. The predicted molar refractivity (Wildman–Crippen MR) is 103 cm³/mol. The van der Waals surface area contributed by atoms with Gasteiger partial charge in [0.25, 0.3) is 5.91 Å². The van der Waals surface area contributed by atoms with Crippen molar-refractivity contribution in [3.05, 3.63) is 57.6 Å². The van der Waals surface area contributed by atoms with E-state index in [-0.39, 0.29) is 23.6 Å². The normalized spacial score (nSPS) is 11.2. The highest BCUT2D eigenvalue weighted by Gasteiger charge is 2.12. The summed E-state index contributed by atoms with van der Waals surface area (Å²) in [5.74, 6) is -1.01. The SMILES string of the molecule is C/C(CC(=O)Nc1ccc(Cl)cc1Cl)=N/NC(=O)c1cccc(C)c1O. The van der Waals surface area contributed by atoms with Gasteiger partial charge in [-0.2, -0.15) is 5.10 Å². The van der Waals surface area contributed by atoms with Crippen molar-refractivity contribution >= 4 is 46.4 Å². The van der Waals surface area contributed by atoms with E-state index in [1.165, 1.54) is 12.1 Å². The van der Waals surface area contributed by atoms with Crippen molar-refractivity contribution in [3.8, 4) is 5.75 Å². The molecule has 2 amide bonds. The Labute approximate surface area is 160 Å². The monoisotopic (exact) mass is 393 g/mol. The fourth-order valence-corrected chi connectivity index (χ4v) is 2.56. The third-order valence-electron chi connectivity index (χ3n) is 3.45. The van der Waals surface area contributed by atoms with Crippen LogP contribution in [0.3, 0.4) is 0 Å². The molecule has 136 valence electrons. The van der Waals surface area contributed by atoms with Crippen molar-refractivity contribution in [1.29, 1.82) is 0 Å². The first kappa shape index (κ1) is 19.8. The molecular weight excluding hydrogens is 377 g/mol. The Morgan fingerprint density at radius 1 is 1.19 bits per heavy atom. The van der Waals surface area contributed by atoms with Gasteiger partial charge in [0.15, 0.2) is 0 Å². The Bertz CT molecular complexity index is 882. The number of benzene rings is 2. The number of hydrazone groups is 1. The molecule has 26 heavy (non-hydrogen) atoms. The molecule has 3 N–H and O–H groups in total. The third-order valence-corrected chi connectivity index (χ3v) is 4.00. The van der Waals surface area contributed by atoms with E-state index in [0.717, 1.165) is 0 Å². The molecule has 0 aliphatic heterocycles. The molecular formula is C18H17Cl2N3O3. The number of halogens is 2. The fraction of sp³-hybridized carbons (Fsp3) is 0.167. The Morgan fingerprint density at radius 2 is 1.92 bits per heavy atom. The van der Waals surface area contributed by atoms with Gasteiger partial charge in [0.2, 0.25) is 5.91 Å². The topological polar surface area (TPSA) is 90.8 Å². The van der Waals surface area contributed by atoms with Crippen LogP contribution >= 0.6 is 23.2 Å². The number of hydrogen-bond acceptors (Lipinski definition) is 4. The highest BCUT2D eigenvalue weighted by molar-refractivity contribution is 6.36. The summed E-state index contributed by atoms with van der Waals surface area (Å²) in [6.45, 7) is 3.28. The number of phenols is 1. The summed E-state index contributed by atoms with van der Waals surface area (Å²) in [4.78, 5) is 24.1. The number of nitrogens with one attached hydrogen (secondary N) is 2. The lowest BCUT2D eigenvalue weighted by Gasteiger charge is -2.08. The molecule has 2 aromatic carbocycles. The van der Waals surface area contributed by atoms with Gasteiger partial charge < -0.3 is 10.4 Å². The minimum Gasteiger partial charge on any atom is -0.507 e. The second-order valence-corrected chi connectivity index (χ2v) is 6.45. The minimum absolute atomic E-state index is 0.0426. The van der Waals surface area contributed by atoms with Gasteiger partial charge in [-0.15, -0.1) is 0 Å². The number of nitrogens with zero attached hydrogens (tertiary/aromatic N) is 1. The van der Waals surface area contributed by atoms with Gasteiger partial charge in [-0.05, 0) is 43.7 Å². The number of rotatable bonds is 5. The van der Waals surface area contributed by atoms with Gasteiger partial charge in [-0.1, -0.05) is 35.3 Å². The number of anilines is 1. The lowest BCUT2D eigenvalue weighted by atomic mass is 10.1. The van der Waals surface area contributed by atoms with E-state index in [0.29, 0.717) is 27.0 Å². The van der Waals surface area contributed by atoms with E-state index in [4.69, 9.17) is 23.2 Å². The Balaban J connectivity index is 1.96. The van der Waals surface area contributed by atoms with Crippen molar-refractivity contribution in [2.75, 3.05) is 5.32 Å². The van der Waals surface area contributed by atoms with Crippen LogP contribution in [0.25, 0.3) is 0 Å². The number of phenolic OH excluding ortho intramolecular Hbond substituents is 1. The second kappa shape index (κ2) is 8.69. The highest BCUT2D eigenvalue weighted by atomic mass is 35.5. The first-order valence-corrected chi connectivity index (χ1v) is 8.40. The zero-order valence-corrected chi connectivity index (χ0v) is 15.6. The van der Waals surface area contributed by atoms with Crippen LogP contribution in [-0.2, 0) is 4.79 Å². The van der Waals surface area contributed by atoms with E-state index in [9.17, 15) is 14.7 Å². The lowest BCUT2D eigenvalue weighted by Crippen LogP contribution is -2.21. The summed E-state index contributed by atoms with van der Waals surface area (Å²) in [7, 11) is 0. The van der Waals surface area contributed by atoms with Crippen LogP contribution in [0.5, 0.6) is 5.75 Å². The van der Waals surface area contributed by atoms with E-state index in [1.54, 1.807) is 38.1 Å². The summed E-state index contributed by atoms with van der Waals surface area (Å²) in [5, 5.41) is 17.2. The average molecular weight is 394 g/mol. The van der Waals surface area contributed by atoms with Crippen LogP contribution in [0, 0.1) is 6.92 Å². The number of aryl methyl sites for hydroxylation is 1. The molecule has 0 aromatic heterocycles. The molecule has 0 aliphatic carbocycles. The van der Waals surface area contributed by atoms with Gasteiger partial charge in [0, 0.05) is 10.7 Å². The molecule has 2 aromatic rings. The van der Waals surface area contributed by atoms with Crippen molar-refractivity contribution in [3.63, 3.8) is 0 Å². The molecule has 0 fully saturated rings. The molecule has 0 spiro atoms. The van der Waals surface area contributed by atoms with Crippen LogP contribution in [0.15, 0.2) is 41.5 Å². The van der Waals surface area contributed by atoms with Gasteiger partial charge in [-0.3, -0.25) is 9.59 Å². The third kappa shape index (κ3) is 5.21. The Morgan fingerprint density at radius 3 is 2.62 bits per heavy atom. The quantitative estimate of drug-likeness (QED) is 0.526. The first-order valence-electron chi connectivity index (χ1n) is 7.65. The molecule has 0 heterocycles. The van der Waals surface area contributed by atoms with Crippen LogP contribution in [-0.4, -0.2) is 22.6 Å². The zero-order valence-electron chi connectivity index (χ0n) is 14.1. The largest absolute Gasteiger partial charge is 0.507 e. The zero-order chi connectivity index (χ0) is 19.3. The van der Waals surface area contributed by atoms with Gasteiger partial charge in [0.05, 0.1) is 22.7 Å². The molecule has 0 atom stereocenters. The summed E-state index contributed by atoms with van der Waals surface area (Å²) in [5.41, 5.74) is 3.83. The number of para-hydroxylation sites is 1. The Kier molecular flexibility index (Phi) is 6.60. The molecule has 0 unspecified atom stereocenters. The summed E-state index contributed by atoms with van der Waals surface area (Å²) in [6.07, 6.45) is -0.0426. The van der Waals surface area contributed by atoms with Crippen molar-refractivity contribution < 1.29 is 14.7 Å². The number of carbonyl (C=O) groups is 2. The molecule has 0 bridgehead atoms. The molecule has 0 saturated heterocycles. The van der Waals surface area contributed by atoms with Crippen LogP contribution < -0.4 is 10.7 Å². The van der Waals surface area contributed by atoms with E-state index in [2.05, 4.69) is 15.8 Å². The summed E-state index contributed by atoms with van der Waals surface area (Å²) in [6, 6.07) is 9.55. The first-order chi connectivity index (χ1) is 12.3. The molecule has 0 radical (unpaired) electrons. The highest BCUT2D eigenvalue weighted by Crippen LogP contribution is 2.25. The number of amides is 2. The molecule has 6 nitrogen and oxygen atoms in total. The van der Waals surface area contributed by atoms with Crippen LogP contribution in [0.2, 0.25) is 10.0 Å². The second-order valence-electron chi connectivity index (χ2n) is 5.61. The van der Waals surface area contributed by atoms with Crippen molar-refractivity contribution in [1.82, 2.24) is 5.43 Å². The maximum atomic E-state index is 12.1. The number of hydrogen-bond donors (Lipinski definition) is 3. The summed E-state index contributed by atoms with van der Waals surface area (Å²) < 4.78 is 0. The van der Waals surface area contributed by atoms with Gasteiger partial charge in [-0.25, -0.2) is 5.43 Å². The summed E-state index contributed by atoms with van der Waals surface area (Å²) >= 11 is 11.8. The van der Waals surface area contributed by atoms with Crippen LogP contribution in [0.1, 0.15) is 29.3 Å². The minimum atomic E-state index is -0.563. The van der Waals surface area contributed by atoms with Crippen molar-refractivity contribution in [2.45, 2.75) is 20.3 Å². The maximum absolute atomic E-state index is 12.1. The van der Waals surface area contributed by atoms with Crippen LogP contribution in [0.4, 0.5) is 5.69 Å². The van der Waals surface area contributed by atoms with Crippen molar-refractivity contribution in [2.24, 2.45) is 5.10 Å². The lowest BCUT2D eigenvalue weighted by molar-refractivity contribution is -0.115. The van der Waals surface area contributed by atoms with Gasteiger partial charge in [0.1, 0.15) is 5.75 Å². The number of aromatic hydroxyl groups is 1. The van der Waals surface area contributed by atoms with E-state index >= 15 is 0 Å². The fourth-order valence-electron chi connectivity index (χ4n) is 2.11. The number of carbonyl (C=O) groups excluding carboxylic acids is 2. The molecule has 0 aliphatic rings.